The second-order valence-corrected chi connectivity index (χ2v) is 9.65. The van der Waals surface area contributed by atoms with E-state index in [1.807, 2.05) is 0 Å². The van der Waals surface area contributed by atoms with Crippen molar-refractivity contribution in [3.63, 3.8) is 0 Å². The van der Waals surface area contributed by atoms with Gasteiger partial charge in [0.2, 0.25) is 5.91 Å². The summed E-state index contributed by atoms with van der Waals surface area (Å²) in [6, 6.07) is 5.49. The summed E-state index contributed by atoms with van der Waals surface area (Å²) in [5.74, 6) is -0.575. The van der Waals surface area contributed by atoms with Crippen LogP contribution in [0.25, 0.3) is 0 Å². The molecule has 3 unspecified atom stereocenters. The first kappa shape index (κ1) is 30.2. The number of hydrogen-bond acceptors (Lipinski definition) is 3. The van der Waals surface area contributed by atoms with Gasteiger partial charge in [-0.05, 0) is 68.5 Å². The summed E-state index contributed by atoms with van der Waals surface area (Å²) in [5, 5.41) is 0. The van der Waals surface area contributed by atoms with E-state index in [2.05, 4.69) is 0 Å². The minimum absolute atomic E-state index is 0.0364. The highest BCUT2D eigenvalue weighted by Crippen LogP contribution is 2.41. The second kappa shape index (κ2) is 11.4. The maximum absolute atomic E-state index is 13.7. The van der Waals surface area contributed by atoms with Crippen LogP contribution in [-0.2, 0) is 28.4 Å². The Morgan fingerprint density at radius 1 is 1.05 bits per heavy atom. The van der Waals surface area contributed by atoms with Crippen LogP contribution in [0.1, 0.15) is 67.5 Å². The molecule has 1 aliphatic heterocycles. The van der Waals surface area contributed by atoms with Crippen molar-refractivity contribution in [1.29, 1.82) is 0 Å². The number of alkyl halides is 7. The van der Waals surface area contributed by atoms with Crippen molar-refractivity contribution in [2.24, 2.45) is 0 Å². The van der Waals surface area contributed by atoms with Gasteiger partial charge in [0.05, 0.1) is 22.9 Å². The predicted molar refractivity (Wildman–Crippen MR) is 130 cm³/mol. The molecular weight excluding hydrogens is 533 g/mol. The lowest BCUT2D eigenvalue weighted by Crippen LogP contribution is -2.37. The number of nitrogens with zero attached hydrogens (tertiary/aromatic N) is 2. The van der Waals surface area contributed by atoms with Crippen LogP contribution in [0.2, 0.25) is 0 Å². The zero-order valence-corrected chi connectivity index (χ0v) is 21.8. The fourth-order valence-electron chi connectivity index (χ4n) is 4.60. The Bertz CT molecular complexity index is 1180. The standard InChI is InChI=1S/C27H29F7N2O3/c1-15-7-5-8-22-23(9-6-10-35(24(15)22)25(38)39-17(3)16(2)28)36(18(4)37)14-19-11-20(26(29,30)31)13-21(12-19)27(32,33)34/h5,7-8,11-13,16-17,23H,6,9-10,14H2,1-4H3. The van der Waals surface area contributed by atoms with E-state index in [9.17, 15) is 40.3 Å². The zero-order valence-electron chi connectivity index (χ0n) is 21.8. The number of carbonyl (C=O) groups excluding carboxylic acids is 2. The zero-order chi connectivity index (χ0) is 29.3. The van der Waals surface area contributed by atoms with E-state index >= 15 is 0 Å². The van der Waals surface area contributed by atoms with E-state index < -0.39 is 60.3 Å². The monoisotopic (exact) mass is 562 g/mol. The summed E-state index contributed by atoms with van der Waals surface area (Å²) in [7, 11) is 0. The van der Waals surface area contributed by atoms with Crippen molar-refractivity contribution in [3.8, 4) is 0 Å². The molecule has 0 saturated carbocycles. The molecular formula is C27H29F7N2O3. The van der Waals surface area contributed by atoms with Gasteiger partial charge in [-0.2, -0.15) is 26.3 Å². The third-order valence-electron chi connectivity index (χ3n) is 6.69. The van der Waals surface area contributed by atoms with Crippen LogP contribution in [0.3, 0.4) is 0 Å². The van der Waals surface area contributed by atoms with Crippen LogP contribution in [0, 0.1) is 6.92 Å². The SMILES string of the molecule is CC(=O)N(Cc1cc(C(F)(F)F)cc(C(F)(F)F)c1)C1CCCN(C(=O)OC(C)C(C)F)c2c(C)cccc21. The van der Waals surface area contributed by atoms with Gasteiger partial charge in [-0.25, -0.2) is 9.18 Å². The van der Waals surface area contributed by atoms with Gasteiger partial charge in [0.15, 0.2) is 0 Å². The minimum Gasteiger partial charge on any atom is -0.443 e. The third-order valence-corrected chi connectivity index (χ3v) is 6.69. The number of amides is 2. The Hall–Kier alpha value is -3.31. The van der Waals surface area contributed by atoms with Gasteiger partial charge in [0.1, 0.15) is 12.3 Å². The van der Waals surface area contributed by atoms with Crippen LogP contribution in [0.4, 0.5) is 41.2 Å². The van der Waals surface area contributed by atoms with Crippen molar-refractivity contribution in [2.45, 2.75) is 77.8 Å². The van der Waals surface area contributed by atoms with Crippen molar-refractivity contribution in [1.82, 2.24) is 4.90 Å². The minimum atomic E-state index is -5.03. The number of hydrogen-bond donors (Lipinski definition) is 0. The molecule has 0 aromatic heterocycles. The number of para-hydroxylation sites is 1. The summed E-state index contributed by atoms with van der Waals surface area (Å²) in [6.45, 7) is 5.16. The lowest BCUT2D eigenvalue weighted by molar-refractivity contribution is -0.143. The largest absolute Gasteiger partial charge is 0.443 e. The van der Waals surface area contributed by atoms with E-state index in [-0.39, 0.29) is 24.6 Å². The summed E-state index contributed by atoms with van der Waals surface area (Å²) < 4.78 is 99.5. The van der Waals surface area contributed by atoms with Crippen LogP contribution >= 0.6 is 0 Å². The summed E-state index contributed by atoms with van der Waals surface area (Å²) in [5.41, 5.74) is -1.79. The molecule has 5 nitrogen and oxygen atoms in total. The van der Waals surface area contributed by atoms with Crippen LogP contribution in [0.5, 0.6) is 0 Å². The first-order chi connectivity index (χ1) is 18.0. The lowest BCUT2D eigenvalue weighted by Gasteiger charge is -2.33. The van der Waals surface area contributed by atoms with Crippen molar-refractivity contribution in [3.05, 3.63) is 64.2 Å². The number of aryl methyl sites for hydroxylation is 1. The number of benzene rings is 2. The van der Waals surface area contributed by atoms with Gasteiger partial charge in [-0.3, -0.25) is 9.69 Å². The highest BCUT2D eigenvalue weighted by molar-refractivity contribution is 5.90. The molecule has 0 spiro atoms. The molecule has 214 valence electrons. The first-order valence-electron chi connectivity index (χ1n) is 12.3. The third kappa shape index (κ3) is 7.02. The average Bonchev–Trinajstić information content (AvgIpc) is 3.01. The Labute approximate surface area is 221 Å². The predicted octanol–water partition coefficient (Wildman–Crippen LogP) is 7.61. The van der Waals surface area contributed by atoms with Crippen LogP contribution in [-0.4, -0.2) is 35.7 Å². The van der Waals surface area contributed by atoms with Crippen molar-refractivity contribution >= 4 is 17.7 Å². The molecule has 0 fully saturated rings. The Kier molecular flexibility index (Phi) is 8.86. The van der Waals surface area contributed by atoms with Crippen LogP contribution < -0.4 is 4.90 Å². The van der Waals surface area contributed by atoms with E-state index in [4.69, 9.17) is 4.74 Å². The summed E-state index contributed by atoms with van der Waals surface area (Å²) in [4.78, 5) is 28.3. The van der Waals surface area contributed by atoms with E-state index in [1.54, 1.807) is 25.1 Å². The van der Waals surface area contributed by atoms with E-state index in [0.29, 0.717) is 35.4 Å². The number of halogens is 7. The number of fused-ring (bicyclic) bond motifs is 1. The molecule has 2 aromatic carbocycles. The molecule has 0 saturated heterocycles. The van der Waals surface area contributed by atoms with Gasteiger partial charge in [-0.1, -0.05) is 18.2 Å². The molecule has 1 aliphatic rings. The highest BCUT2D eigenvalue weighted by atomic mass is 19.4. The van der Waals surface area contributed by atoms with Gasteiger partial charge in [0.25, 0.3) is 0 Å². The van der Waals surface area contributed by atoms with Crippen LogP contribution in [0.15, 0.2) is 36.4 Å². The van der Waals surface area contributed by atoms with Crippen molar-refractivity contribution < 1.29 is 45.1 Å². The topological polar surface area (TPSA) is 49.9 Å². The molecule has 2 amide bonds. The second-order valence-electron chi connectivity index (χ2n) is 9.65. The number of carbonyl (C=O) groups is 2. The number of ether oxygens (including phenoxy) is 1. The van der Waals surface area contributed by atoms with Gasteiger partial charge >= 0.3 is 18.4 Å². The molecule has 1 heterocycles. The molecule has 2 aromatic rings. The fraction of sp³-hybridized carbons (Fsp3) is 0.481. The number of rotatable bonds is 5. The Balaban J connectivity index is 2.06. The summed E-state index contributed by atoms with van der Waals surface area (Å²) >= 11 is 0. The first-order valence-corrected chi connectivity index (χ1v) is 12.3. The molecule has 3 atom stereocenters. The quantitative estimate of drug-likeness (QED) is 0.353. The highest BCUT2D eigenvalue weighted by Gasteiger charge is 2.38. The fourth-order valence-corrected chi connectivity index (χ4v) is 4.60. The molecule has 0 radical (unpaired) electrons. The number of anilines is 1. The molecule has 12 heteroatoms. The average molecular weight is 563 g/mol. The van der Waals surface area contributed by atoms with Crippen molar-refractivity contribution in [2.75, 3.05) is 11.4 Å². The molecule has 0 aliphatic carbocycles. The summed E-state index contributed by atoms with van der Waals surface area (Å²) in [6.07, 6.45) is -12.7. The van der Waals surface area contributed by atoms with Gasteiger partial charge in [0, 0.05) is 20.0 Å². The lowest BCUT2D eigenvalue weighted by atomic mass is 9.96. The maximum atomic E-state index is 13.7. The molecule has 0 N–H and O–H groups in total. The van der Waals surface area contributed by atoms with E-state index in [0.717, 1.165) is 0 Å². The normalized spacial score (nSPS) is 17.6. The molecule has 3 rings (SSSR count). The maximum Gasteiger partial charge on any atom is 0.416 e. The van der Waals surface area contributed by atoms with E-state index in [1.165, 1.54) is 30.6 Å². The Morgan fingerprint density at radius 3 is 2.15 bits per heavy atom. The van der Waals surface area contributed by atoms with Gasteiger partial charge in [-0.15, -0.1) is 0 Å². The Morgan fingerprint density at radius 2 is 1.64 bits per heavy atom. The smallest absolute Gasteiger partial charge is 0.416 e. The molecule has 0 bridgehead atoms. The molecule has 39 heavy (non-hydrogen) atoms. The van der Waals surface area contributed by atoms with Gasteiger partial charge < -0.3 is 9.64 Å².